The summed E-state index contributed by atoms with van der Waals surface area (Å²) in [4.78, 5) is 2.60. The van der Waals surface area contributed by atoms with Gasteiger partial charge in [-0.15, -0.1) is 0 Å². The molecular weight excluding hydrogens is 256 g/mol. The first kappa shape index (κ1) is 16.4. The molecule has 0 aliphatic carbocycles. The van der Waals surface area contributed by atoms with E-state index >= 15 is 0 Å². The molecule has 0 fully saturated rings. The van der Waals surface area contributed by atoms with Crippen LogP contribution in [0.5, 0.6) is 0 Å². The first-order valence-corrected chi connectivity index (χ1v) is 8.48. The van der Waals surface area contributed by atoms with Crippen LogP contribution in [0.2, 0.25) is 0 Å². The summed E-state index contributed by atoms with van der Waals surface area (Å²) in [5.41, 5.74) is 3.29. The molecule has 21 heavy (non-hydrogen) atoms. The van der Waals surface area contributed by atoms with Gasteiger partial charge in [-0.25, -0.2) is 0 Å². The van der Waals surface area contributed by atoms with Gasteiger partial charge in [0.2, 0.25) is 0 Å². The van der Waals surface area contributed by atoms with E-state index in [1.165, 1.54) is 30.6 Å². The minimum absolute atomic E-state index is 0.316. The van der Waals surface area contributed by atoms with Crippen molar-refractivity contribution in [1.29, 1.82) is 0 Å². The average molecular weight is 288 g/mol. The molecule has 1 heterocycles. The Bertz CT molecular complexity index is 447. The normalized spacial score (nSPS) is 20.2. The molecule has 2 atom stereocenters. The number of para-hydroxylation sites is 1. The van der Waals surface area contributed by atoms with E-state index in [4.69, 9.17) is 0 Å². The molecule has 1 aromatic rings. The van der Waals surface area contributed by atoms with Crippen molar-refractivity contribution >= 4 is 5.69 Å². The Balaban J connectivity index is 2.06. The van der Waals surface area contributed by atoms with Gasteiger partial charge < -0.3 is 10.2 Å². The molecule has 118 valence electrons. The molecule has 0 aromatic heterocycles. The molecule has 2 rings (SSSR count). The van der Waals surface area contributed by atoms with Crippen LogP contribution in [-0.2, 0) is 6.42 Å². The van der Waals surface area contributed by atoms with Crippen LogP contribution in [0, 0.1) is 11.3 Å². The number of anilines is 1. The van der Waals surface area contributed by atoms with E-state index in [-0.39, 0.29) is 0 Å². The Hall–Kier alpha value is -1.02. The van der Waals surface area contributed by atoms with Crippen molar-refractivity contribution in [3.05, 3.63) is 29.8 Å². The Morgan fingerprint density at radius 1 is 1.29 bits per heavy atom. The lowest BCUT2D eigenvalue weighted by Gasteiger charge is -2.38. The Morgan fingerprint density at radius 3 is 2.67 bits per heavy atom. The third kappa shape index (κ3) is 4.23. The quantitative estimate of drug-likeness (QED) is 0.877. The van der Waals surface area contributed by atoms with E-state index in [1.807, 2.05) is 0 Å². The lowest BCUT2D eigenvalue weighted by Crippen LogP contribution is -2.44. The maximum Gasteiger partial charge on any atom is 0.0398 e. The van der Waals surface area contributed by atoms with Crippen LogP contribution < -0.4 is 10.2 Å². The van der Waals surface area contributed by atoms with Crippen molar-refractivity contribution in [2.45, 2.75) is 53.5 Å². The van der Waals surface area contributed by atoms with Crippen molar-refractivity contribution < 1.29 is 0 Å². The van der Waals surface area contributed by atoms with Gasteiger partial charge in [-0.2, -0.15) is 0 Å². The highest BCUT2D eigenvalue weighted by Gasteiger charge is 2.26. The topological polar surface area (TPSA) is 15.3 Å². The molecule has 1 aliphatic rings. The number of rotatable bonds is 5. The number of benzene rings is 1. The SMILES string of the molecule is CCNC(CCN1CC(C)Cc2ccccc21)C(C)(C)C. The molecule has 1 N–H and O–H groups in total. The van der Waals surface area contributed by atoms with Gasteiger partial charge in [0, 0.05) is 24.8 Å². The lowest BCUT2D eigenvalue weighted by molar-refractivity contribution is 0.258. The lowest BCUT2D eigenvalue weighted by atomic mass is 9.84. The van der Waals surface area contributed by atoms with Crippen LogP contribution in [0.25, 0.3) is 0 Å². The Labute approximate surface area is 130 Å². The van der Waals surface area contributed by atoms with Gasteiger partial charge >= 0.3 is 0 Å². The van der Waals surface area contributed by atoms with Crippen molar-refractivity contribution in [3.8, 4) is 0 Å². The standard InChI is InChI=1S/C19H32N2/c1-6-20-18(19(3,4)5)11-12-21-14-15(2)13-16-9-7-8-10-17(16)21/h7-10,15,18,20H,6,11-14H2,1-5H3. The summed E-state index contributed by atoms with van der Waals surface area (Å²) in [5, 5.41) is 3.67. The summed E-state index contributed by atoms with van der Waals surface area (Å²) in [7, 11) is 0. The van der Waals surface area contributed by atoms with Crippen LogP contribution in [0.4, 0.5) is 5.69 Å². The van der Waals surface area contributed by atoms with Crippen LogP contribution in [0.15, 0.2) is 24.3 Å². The highest BCUT2D eigenvalue weighted by Crippen LogP contribution is 2.30. The van der Waals surface area contributed by atoms with Gasteiger partial charge in [0.25, 0.3) is 0 Å². The minimum Gasteiger partial charge on any atom is -0.371 e. The zero-order chi connectivity index (χ0) is 15.5. The fourth-order valence-corrected chi connectivity index (χ4v) is 3.49. The zero-order valence-corrected chi connectivity index (χ0v) is 14.4. The van der Waals surface area contributed by atoms with E-state index in [0.29, 0.717) is 11.5 Å². The predicted octanol–water partition coefficient (Wildman–Crippen LogP) is 4.10. The molecule has 1 aliphatic heterocycles. The van der Waals surface area contributed by atoms with E-state index in [9.17, 15) is 0 Å². The number of fused-ring (bicyclic) bond motifs is 1. The summed E-state index contributed by atoms with van der Waals surface area (Å²) >= 11 is 0. The second-order valence-corrected chi connectivity index (χ2v) is 7.65. The fourth-order valence-electron chi connectivity index (χ4n) is 3.49. The molecular formula is C19H32N2. The molecule has 0 amide bonds. The van der Waals surface area contributed by atoms with Crippen LogP contribution in [0.3, 0.4) is 0 Å². The number of nitrogens with one attached hydrogen (secondary N) is 1. The van der Waals surface area contributed by atoms with Gasteiger partial charge in [0.15, 0.2) is 0 Å². The molecule has 2 heteroatoms. The van der Waals surface area contributed by atoms with E-state index < -0.39 is 0 Å². The first-order valence-electron chi connectivity index (χ1n) is 8.48. The summed E-state index contributed by atoms with van der Waals surface area (Å²) in [6, 6.07) is 9.51. The summed E-state index contributed by atoms with van der Waals surface area (Å²) in [6.45, 7) is 15.0. The van der Waals surface area contributed by atoms with Crippen LogP contribution in [0.1, 0.15) is 46.6 Å². The third-order valence-electron chi connectivity index (χ3n) is 4.62. The number of hydrogen-bond donors (Lipinski definition) is 1. The molecule has 1 aromatic carbocycles. The third-order valence-corrected chi connectivity index (χ3v) is 4.62. The Morgan fingerprint density at radius 2 is 2.00 bits per heavy atom. The number of nitrogens with zero attached hydrogens (tertiary/aromatic N) is 1. The summed E-state index contributed by atoms with van der Waals surface area (Å²) in [6.07, 6.45) is 2.43. The summed E-state index contributed by atoms with van der Waals surface area (Å²) < 4.78 is 0. The maximum absolute atomic E-state index is 3.67. The molecule has 0 bridgehead atoms. The fraction of sp³-hybridized carbons (Fsp3) is 0.684. The highest BCUT2D eigenvalue weighted by molar-refractivity contribution is 5.55. The van der Waals surface area contributed by atoms with Crippen molar-refractivity contribution in [3.63, 3.8) is 0 Å². The summed E-state index contributed by atoms with van der Waals surface area (Å²) in [5.74, 6) is 0.757. The smallest absolute Gasteiger partial charge is 0.0398 e. The zero-order valence-electron chi connectivity index (χ0n) is 14.4. The molecule has 2 unspecified atom stereocenters. The molecule has 0 spiro atoms. The maximum atomic E-state index is 3.67. The van der Waals surface area contributed by atoms with Gasteiger partial charge in [0.1, 0.15) is 0 Å². The van der Waals surface area contributed by atoms with E-state index in [0.717, 1.165) is 19.0 Å². The second-order valence-electron chi connectivity index (χ2n) is 7.65. The molecule has 0 saturated carbocycles. The van der Waals surface area contributed by atoms with Gasteiger partial charge in [-0.05, 0) is 42.3 Å². The largest absolute Gasteiger partial charge is 0.371 e. The van der Waals surface area contributed by atoms with Gasteiger partial charge in [-0.1, -0.05) is 52.8 Å². The molecule has 0 saturated heterocycles. The van der Waals surface area contributed by atoms with Crippen LogP contribution >= 0.6 is 0 Å². The van der Waals surface area contributed by atoms with E-state index in [1.54, 1.807) is 0 Å². The number of hydrogen-bond acceptors (Lipinski definition) is 2. The van der Waals surface area contributed by atoms with Crippen LogP contribution in [-0.4, -0.2) is 25.7 Å². The van der Waals surface area contributed by atoms with Crippen molar-refractivity contribution in [1.82, 2.24) is 5.32 Å². The first-order chi connectivity index (χ1) is 9.91. The minimum atomic E-state index is 0.316. The predicted molar refractivity (Wildman–Crippen MR) is 93.1 cm³/mol. The van der Waals surface area contributed by atoms with Gasteiger partial charge in [0.05, 0.1) is 0 Å². The molecule has 0 radical (unpaired) electrons. The van der Waals surface area contributed by atoms with Crippen molar-refractivity contribution in [2.75, 3.05) is 24.5 Å². The van der Waals surface area contributed by atoms with Gasteiger partial charge in [-0.3, -0.25) is 0 Å². The van der Waals surface area contributed by atoms with Crippen molar-refractivity contribution in [2.24, 2.45) is 11.3 Å². The Kier molecular flexibility index (Phi) is 5.32. The van der Waals surface area contributed by atoms with E-state index in [2.05, 4.69) is 69.1 Å². The monoisotopic (exact) mass is 288 g/mol. The molecule has 2 nitrogen and oxygen atoms in total. The second kappa shape index (κ2) is 6.83. The highest BCUT2D eigenvalue weighted by atomic mass is 15.1. The average Bonchev–Trinajstić information content (AvgIpc) is 2.41.